The number of amides is 1. The maximum Gasteiger partial charge on any atom is 0.228 e. The number of pyridine rings is 1. The summed E-state index contributed by atoms with van der Waals surface area (Å²) in [6, 6.07) is 20.9. The second kappa shape index (κ2) is 9.43. The van der Waals surface area contributed by atoms with Crippen molar-refractivity contribution in [3.05, 3.63) is 84.2 Å². The molecule has 5 rings (SSSR count). The number of aryl methyl sites for hydroxylation is 1. The molecule has 1 amide bonds. The quantitative estimate of drug-likeness (QED) is 0.225. The molecule has 1 aliphatic rings. The van der Waals surface area contributed by atoms with Gasteiger partial charge < -0.3 is 9.88 Å². The van der Waals surface area contributed by atoms with Gasteiger partial charge in [0.05, 0.1) is 6.42 Å². The van der Waals surface area contributed by atoms with Crippen LogP contribution >= 0.6 is 22.2 Å². The zero-order valence-electron chi connectivity index (χ0n) is 19.6. The van der Waals surface area contributed by atoms with Crippen LogP contribution in [0.3, 0.4) is 0 Å². The summed E-state index contributed by atoms with van der Waals surface area (Å²) in [6.07, 6.45) is 6.67. The minimum atomic E-state index is -0.189. The molecule has 1 fully saturated rings. The second-order valence-corrected chi connectivity index (χ2v) is 12.1. The molecule has 2 aromatic heterocycles. The van der Waals surface area contributed by atoms with Gasteiger partial charge in [0.15, 0.2) is 0 Å². The average molecular weight is 488 g/mol. The predicted octanol–water partition coefficient (Wildman–Crippen LogP) is 6.62. The maximum absolute atomic E-state index is 12.6. The van der Waals surface area contributed by atoms with E-state index in [-0.39, 0.29) is 21.1 Å². The SMILES string of the molecule is C=S(c1cnc2c(ccn2C)c1)C1(c2ccc(NC(=O)Cc3ccc(SCC)cc3)cc2)CC1. The predicted molar refractivity (Wildman–Crippen MR) is 146 cm³/mol. The van der Waals surface area contributed by atoms with Crippen LogP contribution in [-0.4, -0.2) is 27.1 Å². The van der Waals surface area contributed by atoms with Gasteiger partial charge in [0.25, 0.3) is 0 Å². The molecule has 4 nitrogen and oxygen atoms in total. The highest BCUT2D eigenvalue weighted by atomic mass is 32.2. The Bertz CT molecular complexity index is 1350. The molecule has 0 spiro atoms. The van der Waals surface area contributed by atoms with E-state index in [2.05, 4.69) is 59.5 Å². The number of carbonyl (C=O) groups is 1. The summed E-state index contributed by atoms with van der Waals surface area (Å²) in [5.41, 5.74) is 4.15. The summed E-state index contributed by atoms with van der Waals surface area (Å²) in [6.45, 7) is 2.14. The molecule has 1 N–H and O–H groups in total. The lowest BCUT2D eigenvalue weighted by Crippen LogP contribution is -2.14. The fraction of sp³-hybridized carbons (Fsp3) is 0.250. The van der Waals surface area contributed by atoms with Crippen LogP contribution in [0.15, 0.2) is 82.8 Å². The van der Waals surface area contributed by atoms with Crippen molar-refractivity contribution in [3.63, 3.8) is 0 Å². The molecule has 1 unspecified atom stereocenters. The van der Waals surface area contributed by atoms with Crippen molar-refractivity contribution in [2.45, 2.75) is 40.7 Å². The van der Waals surface area contributed by atoms with Crippen LogP contribution in [0.4, 0.5) is 5.69 Å². The molecule has 2 aromatic carbocycles. The van der Waals surface area contributed by atoms with Gasteiger partial charge in [0.2, 0.25) is 5.91 Å². The molecule has 0 saturated heterocycles. The van der Waals surface area contributed by atoms with Gasteiger partial charge in [0, 0.05) is 45.1 Å². The van der Waals surface area contributed by atoms with Crippen molar-refractivity contribution in [1.29, 1.82) is 0 Å². The molecule has 2 heterocycles. The Balaban J connectivity index is 1.25. The van der Waals surface area contributed by atoms with Gasteiger partial charge in [-0.05, 0) is 66.1 Å². The Hall–Kier alpha value is -2.83. The normalized spacial score (nSPS) is 15.2. The highest BCUT2D eigenvalue weighted by molar-refractivity contribution is 8.15. The van der Waals surface area contributed by atoms with Crippen molar-refractivity contribution >= 4 is 50.7 Å². The number of carbonyl (C=O) groups excluding carboxylic acids is 1. The van der Waals surface area contributed by atoms with E-state index in [0.717, 1.165) is 40.9 Å². The zero-order valence-corrected chi connectivity index (χ0v) is 21.2. The third-order valence-corrected chi connectivity index (χ3v) is 9.71. The summed E-state index contributed by atoms with van der Waals surface area (Å²) >= 11 is 1.81. The molecule has 4 aromatic rings. The number of hydrogen-bond donors (Lipinski definition) is 1. The summed E-state index contributed by atoms with van der Waals surface area (Å²) < 4.78 is 2.12. The minimum absolute atomic E-state index is 0.00364. The van der Waals surface area contributed by atoms with Gasteiger partial charge in [0.1, 0.15) is 5.65 Å². The van der Waals surface area contributed by atoms with E-state index in [4.69, 9.17) is 0 Å². The fourth-order valence-electron chi connectivity index (χ4n) is 4.40. The number of anilines is 1. The number of hydrogen-bond acceptors (Lipinski definition) is 3. The Kier molecular flexibility index (Phi) is 6.36. The summed E-state index contributed by atoms with van der Waals surface area (Å²) in [7, 11) is 1.83. The maximum atomic E-state index is 12.6. The number of aromatic nitrogens is 2. The second-order valence-electron chi connectivity index (χ2n) is 8.77. The standard InChI is InChI=1S/C28H29N3OS2/c1-4-33-24-11-5-20(6-12-24)17-26(32)30-23-9-7-22(8-10-23)28(14-15-28)34(3)25-18-21-13-16-31(2)27(21)29-19-25/h5-13,16,18-19H,3-4,14-15,17H2,1-2H3,(H,30,32). The van der Waals surface area contributed by atoms with Gasteiger partial charge in [-0.3, -0.25) is 4.79 Å². The molecule has 1 aliphatic carbocycles. The molecule has 6 heteroatoms. The highest BCUT2D eigenvalue weighted by Crippen LogP contribution is 2.62. The molecule has 0 aliphatic heterocycles. The highest BCUT2D eigenvalue weighted by Gasteiger charge is 2.46. The van der Waals surface area contributed by atoms with Crippen molar-refractivity contribution in [3.8, 4) is 0 Å². The minimum Gasteiger partial charge on any atom is -0.336 e. The van der Waals surface area contributed by atoms with Crippen LogP contribution in [0.1, 0.15) is 30.9 Å². The van der Waals surface area contributed by atoms with Crippen LogP contribution in [0.2, 0.25) is 0 Å². The summed E-state index contributed by atoms with van der Waals surface area (Å²) in [5.74, 6) is 5.63. The van der Waals surface area contributed by atoms with Crippen molar-refractivity contribution < 1.29 is 4.79 Å². The summed E-state index contributed by atoms with van der Waals surface area (Å²) in [4.78, 5) is 19.7. The van der Waals surface area contributed by atoms with Crippen LogP contribution in [0.5, 0.6) is 0 Å². The molecule has 1 saturated carbocycles. The van der Waals surface area contributed by atoms with E-state index in [0.29, 0.717) is 6.42 Å². The number of thioether (sulfide) groups is 1. The number of fused-ring (bicyclic) bond motifs is 1. The molecule has 0 radical (unpaired) electrons. The van der Waals surface area contributed by atoms with E-state index in [1.54, 1.807) is 11.8 Å². The van der Waals surface area contributed by atoms with E-state index in [1.165, 1.54) is 15.4 Å². The number of benzene rings is 2. The fourth-order valence-corrected chi connectivity index (χ4v) is 6.98. The van der Waals surface area contributed by atoms with Gasteiger partial charge in [-0.25, -0.2) is 4.98 Å². The molecular formula is C28H29N3OS2. The molecule has 34 heavy (non-hydrogen) atoms. The lowest BCUT2D eigenvalue weighted by atomic mass is 10.1. The molecule has 1 atom stereocenters. The van der Waals surface area contributed by atoms with Crippen molar-refractivity contribution in [2.24, 2.45) is 7.05 Å². The van der Waals surface area contributed by atoms with Crippen LogP contribution in [0.25, 0.3) is 11.0 Å². The van der Waals surface area contributed by atoms with E-state index in [1.807, 2.05) is 48.3 Å². The van der Waals surface area contributed by atoms with E-state index in [9.17, 15) is 4.79 Å². The number of nitrogens with one attached hydrogen (secondary N) is 1. The number of rotatable bonds is 8. The Morgan fingerprint density at radius 3 is 2.56 bits per heavy atom. The third kappa shape index (κ3) is 4.57. The smallest absolute Gasteiger partial charge is 0.228 e. The van der Waals surface area contributed by atoms with Crippen molar-refractivity contribution in [2.75, 3.05) is 11.1 Å². The molecule has 0 bridgehead atoms. The Labute approximate surface area is 207 Å². The monoisotopic (exact) mass is 487 g/mol. The van der Waals surface area contributed by atoms with Gasteiger partial charge in [-0.1, -0.05) is 37.1 Å². The third-order valence-electron chi connectivity index (χ3n) is 6.44. The lowest BCUT2D eigenvalue weighted by Gasteiger charge is -2.21. The molecule has 174 valence electrons. The van der Waals surface area contributed by atoms with Crippen LogP contribution < -0.4 is 5.32 Å². The first-order valence-corrected chi connectivity index (χ1v) is 13.9. The Morgan fingerprint density at radius 1 is 1.15 bits per heavy atom. The van der Waals surface area contributed by atoms with E-state index >= 15 is 0 Å². The lowest BCUT2D eigenvalue weighted by molar-refractivity contribution is -0.115. The van der Waals surface area contributed by atoms with E-state index < -0.39 is 0 Å². The average Bonchev–Trinajstić information content (AvgIpc) is 3.58. The topological polar surface area (TPSA) is 46.9 Å². The summed E-state index contributed by atoms with van der Waals surface area (Å²) in [5, 5.41) is 4.20. The first kappa shape index (κ1) is 22.9. The number of nitrogens with zero attached hydrogens (tertiary/aromatic N) is 2. The largest absolute Gasteiger partial charge is 0.336 e. The first-order valence-electron chi connectivity index (χ1n) is 11.6. The first-order chi connectivity index (χ1) is 16.5. The zero-order chi connectivity index (χ0) is 23.7. The van der Waals surface area contributed by atoms with Crippen LogP contribution in [-0.2, 0) is 23.0 Å². The Morgan fingerprint density at radius 2 is 1.88 bits per heavy atom. The van der Waals surface area contributed by atoms with Gasteiger partial charge in [-0.2, -0.15) is 0 Å². The van der Waals surface area contributed by atoms with Gasteiger partial charge in [-0.15, -0.1) is 22.2 Å². The molecular weight excluding hydrogens is 458 g/mol. The van der Waals surface area contributed by atoms with Crippen molar-refractivity contribution in [1.82, 2.24) is 9.55 Å². The van der Waals surface area contributed by atoms with Gasteiger partial charge >= 0.3 is 0 Å². The van der Waals surface area contributed by atoms with Crippen LogP contribution in [0, 0.1) is 0 Å².